The summed E-state index contributed by atoms with van der Waals surface area (Å²) in [5, 5.41) is 8.60. The molecule has 2 nitrogen and oxygen atoms in total. The molecule has 0 saturated heterocycles. The molecule has 0 spiro atoms. The predicted molar refractivity (Wildman–Crippen MR) is 43.5 cm³/mol. The van der Waals surface area contributed by atoms with Crippen LogP contribution in [-0.2, 0) is 4.79 Å². The van der Waals surface area contributed by atoms with E-state index in [4.69, 9.17) is 5.11 Å². The quantitative estimate of drug-likeness (QED) is 0.652. The molecule has 12 heavy (non-hydrogen) atoms. The van der Waals surface area contributed by atoms with E-state index >= 15 is 0 Å². The van der Waals surface area contributed by atoms with E-state index in [9.17, 15) is 9.18 Å². The summed E-state index contributed by atoms with van der Waals surface area (Å²) in [6.07, 6.45) is 4.22. The molecule has 0 fully saturated rings. The zero-order chi connectivity index (χ0) is 9.35. The molecular weight excluding hydrogens is 159 g/mol. The molecule has 1 aliphatic rings. The highest BCUT2D eigenvalue weighted by Crippen LogP contribution is 2.30. The Bertz CT molecular complexity index is 268. The molecule has 1 N–H and O–H groups in total. The number of allylic oxidation sites excluding steroid dienone is 3. The van der Waals surface area contributed by atoms with Crippen LogP contribution in [-0.4, -0.2) is 16.7 Å². The van der Waals surface area contributed by atoms with E-state index in [1.54, 1.807) is 13.0 Å². The second-order valence-corrected chi connectivity index (χ2v) is 3.11. The van der Waals surface area contributed by atoms with Crippen molar-refractivity contribution in [2.75, 3.05) is 0 Å². The Kier molecular flexibility index (Phi) is 2.04. The van der Waals surface area contributed by atoms with E-state index in [0.717, 1.165) is 11.6 Å². The topological polar surface area (TPSA) is 37.3 Å². The van der Waals surface area contributed by atoms with E-state index in [1.165, 1.54) is 6.08 Å². The van der Waals surface area contributed by atoms with Crippen molar-refractivity contribution >= 4 is 5.97 Å². The van der Waals surface area contributed by atoms with Crippen LogP contribution in [0.4, 0.5) is 4.39 Å². The monoisotopic (exact) mass is 170 g/mol. The first-order valence-corrected chi connectivity index (χ1v) is 3.77. The molecule has 0 aromatic heterocycles. The normalized spacial score (nSPS) is 34.6. The first kappa shape index (κ1) is 8.97. The minimum Gasteiger partial charge on any atom is -0.479 e. The number of aliphatic carboxylic acids is 1. The average Bonchev–Trinajstić information content (AvgIpc) is 1.97. The Balaban J connectivity index is 2.99. The molecule has 0 radical (unpaired) electrons. The molecule has 1 aliphatic carbocycles. The number of alkyl halides is 1. The van der Waals surface area contributed by atoms with Crippen molar-refractivity contribution < 1.29 is 14.3 Å². The van der Waals surface area contributed by atoms with Gasteiger partial charge >= 0.3 is 5.97 Å². The largest absolute Gasteiger partial charge is 0.479 e. The molecule has 0 saturated carbocycles. The molecule has 0 amide bonds. The second-order valence-electron chi connectivity index (χ2n) is 3.11. The van der Waals surface area contributed by atoms with Gasteiger partial charge < -0.3 is 5.11 Å². The number of carbonyl (C=O) groups is 1. The molecule has 2 unspecified atom stereocenters. The van der Waals surface area contributed by atoms with Gasteiger partial charge in [-0.15, -0.1) is 0 Å². The summed E-state index contributed by atoms with van der Waals surface area (Å²) in [4.78, 5) is 10.5. The third kappa shape index (κ3) is 1.26. The van der Waals surface area contributed by atoms with Crippen molar-refractivity contribution in [1.29, 1.82) is 0 Å². The smallest absolute Gasteiger partial charge is 0.346 e. The van der Waals surface area contributed by atoms with Gasteiger partial charge in [0.1, 0.15) is 0 Å². The van der Waals surface area contributed by atoms with Crippen LogP contribution in [0.2, 0.25) is 0 Å². The van der Waals surface area contributed by atoms with E-state index in [-0.39, 0.29) is 0 Å². The molecule has 0 heterocycles. The first-order chi connectivity index (χ1) is 5.47. The summed E-state index contributed by atoms with van der Waals surface area (Å²) >= 11 is 0. The first-order valence-electron chi connectivity index (χ1n) is 3.77. The van der Waals surface area contributed by atoms with E-state index in [2.05, 4.69) is 0 Å². The molecule has 0 aliphatic heterocycles. The van der Waals surface area contributed by atoms with Gasteiger partial charge in [0.25, 0.3) is 0 Å². The number of halogens is 1. The summed E-state index contributed by atoms with van der Waals surface area (Å²) < 4.78 is 13.5. The number of carboxylic acid groups (broad SMARTS) is 1. The Labute approximate surface area is 70.4 Å². The van der Waals surface area contributed by atoms with Gasteiger partial charge in [0, 0.05) is 5.92 Å². The van der Waals surface area contributed by atoms with Crippen LogP contribution in [0.5, 0.6) is 0 Å². The van der Waals surface area contributed by atoms with Gasteiger partial charge in [0.2, 0.25) is 5.67 Å². The van der Waals surface area contributed by atoms with Crippen LogP contribution >= 0.6 is 0 Å². The van der Waals surface area contributed by atoms with Crippen molar-refractivity contribution in [2.24, 2.45) is 5.92 Å². The van der Waals surface area contributed by atoms with E-state index < -0.39 is 17.6 Å². The highest BCUT2D eigenvalue weighted by molar-refractivity contribution is 5.81. The standard InChI is InChI=1S/C9H11FO2/c1-6-3-4-9(10,8(11)12)7(2)5-6/h3-5,7H,1-2H3,(H,11,12). The lowest BCUT2D eigenvalue weighted by Gasteiger charge is -2.25. The molecule has 3 heteroatoms. The molecular formula is C9H11FO2. The summed E-state index contributed by atoms with van der Waals surface area (Å²) in [6.45, 7) is 3.37. The average molecular weight is 170 g/mol. The van der Waals surface area contributed by atoms with Crippen LogP contribution in [0.25, 0.3) is 0 Å². The summed E-state index contributed by atoms with van der Waals surface area (Å²) in [5.41, 5.74) is -1.32. The molecule has 0 aromatic carbocycles. The Morgan fingerprint density at radius 2 is 2.33 bits per heavy atom. The maximum Gasteiger partial charge on any atom is 0.346 e. The van der Waals surface area contributed by atoms with E-state index in [0.29, 0.717) is 0 Å². The molecule has 0 bridgehead atoms. The van der Waals surface area contributed by atoms with Crippen molar-refractivity contribution in [3.8, 4) is 0 Å². The fraction of sp³-hybridized carbons (Fsp3) is 0.444. The lowest BCUT2D eigenvalue weighted by Crippen LogP contribution is -2.38. The number of carboxylic acids is 1. The van der Waals surface area contributed by atoms with Crippen molar-refractivity contribution in [3.63, 3.8) is 0 Å². The van der Waals surface area contributed by atoms with Crippen LogP contribution in [0.1, 0.15) is 13.8 Å². The van der Waals surface area contributed by atoms with Crippen LogP contribution in [0.3, 0.4) is 0 Å². The third-order valence-corrected chi connectivity index (χ3v) is 2.09. The fourth-order valence-corrected chi connectivity index (χ4v) is 1.24. The maximum atomic E-state index is 13.5. The van der Waals surface area contributed by atoms with Crippen molar-refractivity contribution in [3.05, 3.63) is 23.8 Å². The van der Waals surface area contributed by atoms with Gasteiger partial charge in [-0.1, -0.05) is 24.6 Å². The van der Waals surface area contributed by atoms with Gasteiger partial charge in [0.05, 0.1) is 0 Å². The van der Waals surface area contributed by atoms with E-state index in [1.807, 2.05) is 6.92 Å². The minimum absolute atomic E-state index is 0.597. The van der Waals surface area contributed by atoms with Crippen LogP contribution in [0, 0.1) is 5.92 Å². The molecule has 1 rings (SSSR count). The molecule has 66 valence electrons. The second kappa shape index (κ2) is 2.73. The zero-order valence-corrected chi connectivity index (χ0v) is 7.04. The van der Waals surface area contributed by atoms with Crippen molar-refractivity contribution in [1.82, 2.24) is 0 Å². The maximum absolute atomic E-state index is 13.5. The zero-order valence-electron chi connectivity index (χ0n) is 7.04. The summed E-state index contributed by atoms with van der Waals surface area (Å²) in [6, 6.07) is 0. The SMILES string of the molecule is CC1=CC(C)C(F)(C(=O)O)C=C1. The Hall–Kier alpha value is -1.12. The predicted octanol–water partition coefficient (Wildman–Crippen LogP) is 1.93. The lowest BCUT2D eigenvalue weighted by molar-refractivity contribution is -0.149. The molecule has 2 atom stereocenters. The van der Waals surface area contributed by atoms with Gasteiger partial charge in [-0.2, -0.15) is 0 Å². The molecule has 0 aromatic rings. The van der Waals surface area contributed by atoms with Gasteiger partial charge in [-0.3, -0.25) is 0 Å². The highest BCUT2D eigenvalue weighted by atomic mass is 19.1. The summed E-state index contributed by atoms with van der Waals surface area (Å²) in [5.74, 6) is -2.02. The highest BCUT2D eigenvalue weighted by Gasteiger charge is 2.42. The Morgan fingerprint density at radius 1 is 1.75 bits per heavy atom. The number of rotatable bonds is 1. The number of hydrogen-bond donors (Lipinski definition) is 1. The van der Waals surface area contributed by atoms with Crippen LogP contribution in [0.15, 0.2) is 23.8 Å². The summed E-state index contributed by atoms with van der Waals surface area (Å²) in [7, 11) is 0. The minimum atomic E-state index is -2.22. The van der Waals surface area contributed by atoms with Gasteiger partial charge in [-0.25, -0.2) is 9.18 Å². The van der Waals surface area contributed by atoms with Crippen molar-refractivity contribution in [2.45, 2.75) is 19.5 Å². The fourth-order valence-electron chi connectivity index (χ4n) is 1.24. The Morgan fingerprint density at radius 3 is 2.75 bits per heavy atom. The third-order valence-electron chi connectivity index (χ3n) is 2.09. The van der Waals surface area contributed by atoms with Crippen LogP contribution < -0.4 is 0 Å². The lowest BCUT2D eigenvalue weighted by atomic mass is 9.85. The van der Waals surface area contributed by atoms with Gasteiger partial charge in [0.15, 0.2) is 0 Å². The van der Waals surface area contributed by atoms with Gasteiger partial charge in [-0.05, 0) is 13.0 Å². The number of hydrogen-bond acceptors (Lipinski definition) is 1.